The second-order valence-electron chi connectivity index (χ2n) is 9.15. The molecule has 0 saturated heterocycles. The maximum atomic E-state index is 3.11. The van der Waals surface area contributed by atoms with Crippen LogP contribution in [0.1, 0.15) is 13.8 Å². The Morgan fingerprint density at radius 3 is 1.35 bits per heavy atom. The van der Waals surface area contributed by atoms with Gasteiger partial charge in [-0.1, -0.05) is 0 Å². The molecule has 0 aromatic heterocycles. The first-order valence-electron chi connectivity index (χ1n) is 9.73. The zero-order valence-electron chi connectivity index (χ0n) is 18.5. The van der Waals surface area contributed by atoms with E-state index in [-0.39, 0.29) is 0 Å². The molecule has 0 bridgehead atoms. The summed E-state index contributed by atoms with van der Waals surface area (Å²) in [6.45, 7) is 22.0. The van der Waals surface area contributed by atoms with Gasteiger partial charge >= 0.3 is 169 Å². The first-order valence-corrected chi connectivity index (χ1v) is 18.5. The van der Waals surface area contributed by atoms with Crippen LogP contribution in [0.5, 0.6) is 0 Å². The fourth-order valence-corrected chi connectivity index (χ4v) is 23.7. The molecule has 0 amide bonds. The minimum atomic E-state index is -1.48. The predicted octanol–water partition coefficient (Wildman–Crippen LogP) is 3.54. The van der Waals surface area contributed by atoms with Gasteiger partial charge in [0.25, 0.3) is 0 Å². The molecule has 0 spiro atoms. The van der Waals surface area contributed by atoms with Gasteiger partial charge in [-0.05, 0) is 0 Å². The van der Waals surface area contributed by atoms with Crippen molar-refractivity contribution in [2.75, 3.05) is 27.2 Å². The topological polar surface area (TPSA) is 16.2 Å². The molecule has 0 aromatic rings. The molecule has 26 heavy (non-hydrogen) atoms. The van der Waals surface area contributed by atoms with Crippen molar-refractivity contribution in [2.45, 2.75) is 63.3 Å². The first kappa shape index (κ1) is 21.9. The molecule has 8 heteroatoms. The van der Waals surface area contributed by atoms with Crippen molar-refractivity contribution in [3.05, 3.63) is 24.8 Å². The summed E-state index contributed by atoms with van der Waals surface area (Å²) >= 11 is -0.967. The average Bonchev–Trinajstić information content (AvgIpc) is 3.04. The van der Waals surface area contributed by atoms with Crippen LogP contribution in [0.4, 0.5) is 0 Å². The normalized spacial score (nSPS) is 24.5. The molecule has 0 N–H and O–H groups in total. The van der Waals surface area contributed by atoms with Crippen LogP contribution in [0.15, 0.2) is 24.8 Å². The van der Waals surface area contributed by atoms with E-state index < -0.39 is 30.6 Å². The predicted molar refractivity (Wildman–Crippen MR) is 115 cm³/mol. The van der Waals surface area contributed by atoms with Gasteiger partial charge in [-0.3, -0.25) is 0 Å². The Kier molecular flexibility index (Phi) is 6.66. The van der Waals surface area contributed by atoms with E-state index in [9.17, 15) is 0 Å². The second kappa shape index (κ2) is 7.91. The van der Waals surface area contributed by atoms with Crippen LogP contribution in [-0.4, -0.2) is 76.6 Å². The summed E-state index contributed by atoms with van der Waals surface area (Å²) < 4.78 is 3.11. The van der Waals surface area contributed by atoms with E-state index in [4.69, 9.17) is 0 Å². The molecule has 0 saturated carbocycles. The summed E-state index contributed by atoms with van der Waals surface area (Å²) in [5, 5.41) is 0.958. The van der Waals surface area contributed by atoms with E-state index in [2.05, 4.69) is 115 Å². The van der Waals surface area contributed by atoms with Crippen LogP contribution in [0.2, 0.25) is 39.3 Å². The van der Waals surface area contributed by atoms with Crippen LogP contribution in [0, 0.1) is 0 Å². The summed E-state index contributed by atoms with van der Waals surface area (Å²) in [5.74, 6) is 0. The van der Waals surface area contributed by atoms with Crippen molar-refractivity contribution < 1.29 is 14.1 Å². The van der Waals surface area contributed by atoms with Crippen LogP contribution in [-0.2, 0) is 14.1 Å². The van der Waals surface area contributed by atoms with Gasteiger partial charge in [0.15, 0.2) is 0 Å². The number of nitrogens with zero attached hydrogens (tertiary/aromatic N) is 5. The quantitative estimate of drug-likeness (QED) is 0.565. The molecule has 2 aliphatic rings. The Balaban J connectivity index is 2.58. The SMILES string of the molecule is CCN1C=CN(C)[CH]1[Mn]([CH]1N(C)C=CN1CC)[N]([Si](C)(C)C)[Si](C)(C)C. The minimum absolute atomic E-state index is 0.479. The molecule has 0 aliphatic carbocycles. The monoisotopic (exact) mass is 437 g/mol. The molecule has 2 atom stereocenters. The van der Waals surface area contributed by atoms with Crippen LogP contribution >= 0.6 is 0 Å². The van der Waals surface area contributed by atoms with E-state index in [0.29, 0.717) is 10.1 Å². The fraction of sp³-hybridized carbons (Fsp3) is 0.778. The van der Waals surface area contributed by atoms with E-state index >= 15 is 0 Å². The Bertz CT molecular complexity index is 497. The Morgan fingerprint density at radius 2 is 1.08 bits per heavy atom. The Labute approximate surface area is 168 Å². The molecule has 2 heterocycles. The number of hydrogen-bond donors (Lipinski definition) is 0. The maximum absolute atomic E-state index is 3.11. The van der Waals surface area contributed by atoms with Crippen molar-refractivity contribution in [1.29, 1.82) is 0 Å². The molecule has 2 rings (SSSR count). The zero-order valence-corrected chi connectivity index (χ0v) is 21.7. The van der Waals surface area contributed by atoms with Crippen molar-refractivity contribution >= 4 is 16.5 Å². The third-order valence-corrected chi connectivity index (χ3v) is 21.1. The van der Waals surface area contributed by atoms with Gasteiger partial charge in [-0.15, -0.1) is 0 Å². The van der Waals surface area contributed by atoms with Crippen molar-refractivity contribution in [3.8, 4) is 0 Å². The van der Waals surface area contributed by atoms with E-state index in [1.165, 1.54) is 0 Å². The Morgan fingerprint density at radius 1 is 0.731 bits per heavy atom. The molecule has 2 aliphatic heterocycles. The molecule has 5 nitrogen and oxygen atoms in total. The zero-order chi connectivity index (χ0) is 19.9. The molecule has 152 valence electrons. The van der Waals surface area contributed by atoms with Gasteiger partial charge in [0, 0.05) is 0 Å². The van der Waals surface area contributed by atoms with Gasteiger partial charge in [-0.2, -0.15) is 0 Å². The summed E-state index contributed by atoms with van der Waals surface area (Å²) in [6, 6.07) is 0. The third-order valence-electron chi connectivity index (χ3n) is 4.71. The summed E-state index contributed by atoms with van der Waals surface area (Å²) in [4.78, 5) is 10.1. The third kappa shape index (κ3) is 4.19. The molecule has 2 unspecified atom stereocenters. The van der Waals surface area contributed by atoms with Crippen LogP contribution in [0.25, 0.3) is 0 Å². The van der Waals surface area contributed by atoms with E-state index in [1.807, 2.05) is 0 Å². The van der Waals surface area contributed by atoms with Gasteiger partial charge in [-0.25, -0.2) is 0 Å². The second-order valence-corrected chi connectivity index (χ2v) is 22.9. The van der Waals surface area contributed by atoms with E-state index in [1.54, 1.807) is 0 Å². The molecule has 0 fully saturated rings. The Hall–Kier alpha value is -0.407. The average molecular weight is 438 g/mol. The fourth-order valence-electron chi connectivity index (χ4n) is 4.09. The molecular weight excluding hydrogens is 397 g/mol. The summed E-state index contributed by atoms with van der Waals surface area (Å²) in [5.41, 5.74) is 0. The molecule has 0 radical (unpaired) electrons. The van der Waals surface area contributed by atoms with Gasteiger partial charge in [0.1, 0.15) is 0 Å². The molecular formula is C18H40MnN5Si2. The van der Waals surface area contributed by atoms with E-state index in [0.717, 1.165) is 13.1 Å². The van der Waals surface area contributed by atoms with Gasteiger partial charge < -0.3 is 0 Å². The van der Waals surface area contributed by atoms with Crippen LogP contribution < -0.4 is 0 Å². The van der Waals surface area contributed by atoms with Gasteiger partial charge in [0.2, 0.25) is 0 Å². The molecule has 0 aromatic carbocycles. The summed E-state index contributed by atoms with van der Waals surface area (Å²) in [7, 11) is 1.57. The van der Waals surface area contributed by atoms with Crippen molar-refractivity contribution in [2.24, 2.45) is 0 Å². The number of hydrogen-bond acceptors (Lipinski definition) is 5. The van der Waals surface area contributed by atoms with Crippen molar-refractivity contribution in [1.82, 2.24) is 22.8 Å². The van der Waals surface area contributed by atoms with Crippen LogP contribution in [0.3, 0.4) is 0 Å². The summed E-state index contributed by atoms with van der Waals surface area (Å²) in [6.07, 6.45) is 9.18. The standard InChI is InChI=1S/2C6H11N2.C6H18NSi2.Mn/c2*1-3-8-5-4-7(2)6-8;1-8(2,3)7-9(4,5)6;/h2*4-6H,3H2,1-2H3;1-6H3;/q;;-1;+1. The number of rotatable bonds is 7. The first-order chi connectivity index (χ1) is 11.9. The van der Waals surface area contributed by atoms with Crippen molar-refractivity contribution in [3.63, 3.8) is 0 Å². The van der Waals surface area contributed by atoms with Gasteiger partial charge in [0.05, 0.1) is 0 Å².